The number of aromatic nitrogens is 1. The van der Waals surface area contributed by atoms with Crippen molar-refractivity contribution in [3.05, 3.63) is 42.3 Å². The summed E-state index contributed by atoms with van der Waals surface area (Å²) in [6.45, 7) is 1.74. The number of anilines is 2. The largest absolute Gasteiger partial charge is 0.478 e. The number of pyridine rings is 1. The van der Waals surface area contributed by atoms with Crippen molar-refractivity contribution in [2.24, 2.45) is 0 Å². The van der Waals surface area contributed by atoms with Crippen LogP contribution in [-0.4, -0.2) is 32.5 Å². The Balaban J connectivity index is 2.04. The molecule has 3 rings (SSSR count). The molecule has 7 nitrogen and oxygen atoms in total. The van der Waals surface area contributed by atoms with Gasteiger partial charge in [0, 0.05) is 6.07 Å². The molecule has 2 heterocycles. The Bertz CT molecular complexity index is 884. The second-order valence-corrected chi connectivity index (χ2v) is 6.82. The van der Waals surface area contributed by atoms with Crippen LogP contribution in [0.5, 0.6) is 5.88 Å². The van der Waals surface area contributed by atoms with Gasteiger partial charge in [0.2, 0.25) is 11.8 Å². The van der Waals surface area contributed by atoms with Crippen molar-refractivity contribution in [1.82, 2.24) is 4.98 Å². The maximum Gasteiger partial charge on any atom is 0.266 e. The summed E-state index contributed by atoms with van der Waals surface area (Å²) >= 11 is 0. The highest BCUT2D eigenvalue weighted by Gasteiger charge is 2.34. The lowest BCUT2D eigenvalue weighted by molar-refractivity contribution is -0.115. The minimum atomic E-state index is -4.07. The van der Waals surface area contributed by atoms with Gasteiger partial charge in [-0.05, 0) is 25.1 Å². The van der Waals surface area contributed by atoms with Crippen LogP contribution < -0.4 is 14.4 Å². The van der Waals surface area contributed by atoms with Crippen LogP contribution in [-0.2, 0) is 14.8 Å². The Kier molecular flexibility index (Phi) is 4.10. The number of sulfonamides is 1. The molecule has 0 bridgehead atoms. The lowest BCUT2D eigenvalue weighted by Crippen LogP contribution is -2.42. The standard InChI is InChI=1S/C15H14FN3O4S/c1-2-23-14-7-6-10(8-17-14)24(21,22)19-9-13(20)18-15-11(16)4-3-5-12(15)19/h3-8H,2,9H2,1H3,(H,18,20). The first-order valence-corrected chi connectivity index (χ1v) is 8.57. The molecule has 24 heavy (non-hydrogen) atoms. The number of ether oxygens (including phenoxy) is 1. The van der Waals surface area contributed by atoms with Gasteiger partial charge in [-0.2, -0.15) is 0 Å². The number of nitrogens with one attached hydrogen (secondary N) is 1. The van der Waals surface area contributed by atoms with E-state index in [0.29, 0.717) is 12.5 Å². The van der Waals surface area contributed by atoms with E-state index in [4.69, 9.17) is 4.74 Å². The van der Waals surface area contributed by atoms with E-state index in [1.807, 2.05) is 0 Å². The molecule has 1 aliphatic rings. The van der Waals surface area contributed by atoms with Gasteiger partial charge >= 0.3 is 0 Å². The SMILES string of the molecule is CCOc1ccc(S(=O)(=O)N2CC(=O)Nc3c(F)cccc32)cn1. The molecule has 1 N–H and O–H groups in total. The third-order valence-electron chi connectivity index (χ3n) is 3.40. The van der Waals surface area contributed by atoms with Crippen LogP contribution in [0.2, 0.25) is 0 Å². The maximum atomic E-state index is 13.9. The molecule has 0 unspecified atom stereocenters. The Hall–Kier alpha value is -2.68. The van der Waals surface area contributed by atoms with Crippen molar-refractivity contribution in [2.75, 3.05) is 22.8 Å². The fourth-order valence-corrected chi connectivity index (χ4v) is 3.71. The van der Waals surface area contributed by atoms with E-state index in [2.05, 4.69) is 10.3 Å². The molecule has 0 spiro atoms. The van der Waals surface area contributed by atoms with Crippen molar-refractivity contribution in [3.8, 4) is 5.88 Å². The van der Waals surface area contributed by atoms with E-state index in [0.717, 1.165) is 16.6 Å². The maximum absolute atomic E-state index is 13.9. The van der Waals surface area contributed by atoms with Crippen LogP contribution in [0.3, 0.4) is 0 Å². The normalized spacial score (nSPS) is 14.1. The first kappa shape index (κ1) is 16.2. The molecule has 1 amide bonds. The first-order chi connectivity index (χ1) is 11.4. The number of hydrogen-bond acceptors (Lipinski definition) is 5. The second kappa shape index (κ2) is 6.08. The van der Waals surface area contributed by atoms with Crippen LogP contribution in [0.15, 0.2) is 41.4 Å². The third kappa shape index (κ3) is 2.78. The summed E-state index contributed by atoms with van der Waals surface area (Å²) in [5.41, 5.74) is -0.0836. The Morgan fingerprint density at radius 2 is 2.12 bits per heavy atom. The molecule has 9 heteroatoms. The molecule has 126 valence electrons. The fourth-order valence-electron chi connectivity index (χ4n) is 2.33. The number of carbonyl (C=O) groups excluding carboxylic acids is 1. The number of benzene rings is 1. The number of nitrogens with zero attached hydrogens (tertiary/aromatic N) is 2. The number of fused-ring (bicyclic) bond motifs is 1. The number of rotatable bonds is 4. The van der Waals surface area contributed by atoms with Crippen LogP contribution in [0.25, 0.3) is 0 Å². The van der Waals surface area contributed by atoms with Crippen molar-refractivity contribution < 1.29 is 22.3 Å². The predicted molar refractivity (Wildman–Crippen MR) is 85.0 cm³/mol. The van der Waals surface area contributed by atoms with Gasteiger partial charge in [0.25, 0.3) is 10.0 Å². The molecule has 0 saturated carbocycles. The number of hydrogen-bond donors (Lipinski definition) is 1. The van der Waals surface area contributed by atoms with Crippen molar-refractivity contribution >= 4 is 27.3 Å². The van der Waals surface area contributed by atoms with Crippen molar-refractivity contribution in [1.29, 1.82) is 0 Å². The summed E-state index contributed by atoms with van der Waals surface area (Å²) < 4.78 is 45.6. The molecule has 0 saturated heterocycles. The summed E-state index contributed by atoms with van der Waals surface area (Å²) in [6, 6.07) is 6.71. The number of halogens is 1. The molecule has 0 atom stereocenters. The van der Waals surface area contributed by atoms with E-state index in [-0.39, 0.29) is 16.3 Å². The Morgan fingerprint density at radius 3 is 2.79 bits per heavy atom. The summed E-state index contributed by atoms with van der Waals surface area (Å²) in [5, 5.41) is 2.35. The predicted octanol–water partition coefficient (Wildman–Crippen LogP) is 1.77. The average Bonchev–Trinajstić information content (AvgIpc) is 2.56. The number of amides is 1. The molecule has 0 aliphatic carbocycles. The summed E-state index contributed by atoms with van der Waals surface area (Å²) in [6.07, 6.45) is 1.14. The topological polar surface area (TPSA) is 88.6 Å². The quantitative estimate of drug-likeness (QED) is 0.907. The van der Waals surface area contributed by atoms with E-state index in [9.17, 15) is 17.6 Å². The molecular weight excluding hydrogens is 337 g/mol. The van der Waals surface area contributed by atoms with Crippen molar-refractivity contribution in [3.63, 3.8) is 0 Å². The Labute approximate surface area is 138 Å². The highest BCUT2D eigenvalue weighted by Crippen LogP contribution is 2.35. The number of carbonyl (C=O) groups is 1. The van der Waals surface area contributed by atoms with Gasteiger partial charge in [-0.25, -0.2) is 17.8 Å². The van der Waals surface area contributed by atoms with Gasteiger partial charge in [0.05, 0.1) is 18.5 Å². The van der Waals surface area contributed by atoms with Crippen LogP contribution in [0.1, 0.15) is 6.92 Å². The molecule has 0 radical (unpaired) electrons. The molecule has 1 aromatic heterocycles. The molecule has 1 aromatic carbocycles. The highest BCUT2D eigenvalue weighted by molar-refractivity contribution is 7.92. The van der Waals surface area contributed by atoms with Gasteiger partial charge < -0.3 is 10.1 Å². The lowest BCUT2D eigenvalue weighted by Gasteiger charge is -2.30. The lowest BCUT2D eigenvalue weighted by atomic mass is 10.2. The summed E-state index contributed by atoms with van der Waals surface area (Å²) in [7, 11) is -4.07. The van der Waals surface area contributed by atoms with Gasteiger partial charge in [0.15, 0.2) is 0 Å². The van der Waals surface area contributed by atoms with E-state index >= 15 is 0 Å². The summed E-state index contributed by atoms with van der Waals surface area (Å²) in [5.74, 6) is -1.03. The zero-order valence-corrected chi connectivity index (χ0v) is 13.5. The van der Waals surface area contributed by atoms with Gasteiger partial charge in [-0.3, -0.25) is 9.10 Å². The minimum absolute atomic E-state index is 0.0727. The van der Waals surface area contributed by atoms with Crippen molar-refractivity contribution in [2.45, 2.75) is 11.8 Å². The average molecular weight is 351 g/mol. The van der Waals surface area contributed by atoms with E-state index in [1.54, 1.807) is 6.92 Å². The van der Waals surface area contributed by atoms with E-state index in [1.165, 1.54) is 24.3 Å². The molecule has 2 aromatic rings. The van der Waals surface area contributed by atoms with Crippen LogP contribution >= 0.6 is 0 Å². The smallest absolute Gasteiger partial charge is 0.266 e. The van der Waals surface area contributed by atoms with E-state index < -0.39 is 28.3 Å². The van der Waals surface area contributed by atoms with Gasteiger partial charge in [-0.15, -0.1) is 0 Å². The monoisotopic (exact) mass is 351 g/mol. The second-order valence-electron chi connectivity index (χ2n) is 4.96. The van der Waals surface area contributed by atoms with Crippen LogP contribution in [0.4, 0.5) is 15.8 Å². The minimum Gasteiger partial charge on any atom is -0.478 e. The zero-order valence-electron chi connectivity index (χ0n) is 12.7. The summed E-state index contributed by atoms with van der Waals surface area (Å²) in [4.78, 5) is 15.6. The number of para-hydroxylation sites is 1. The third-order valence-corrected chi connectivity index (χ3v) is 5.14. The van der Waals surface area contributed by atoms with Gasteiger partial charge in [-0.1, -0.05) is 6.07 Å². The van der Waals surface area contributed by atoms with Crippen LogP contribution in [0, 0.1) is 5.82 Å². The van der Waals surface area contributed by atoms with Gasteiger partial charge in [0.1, 0.15) is 22.9 Å². The fraction of sp³-hybridized carbons (Fsp3) is 0.200. The molecule has 0 fully saturated rings. The zero-order chi connectivity index (χ0) is 17.3. The molecule has 1 aliphatic heterocycles. The highest BCUT2D eigenvalue weighted by atomic mass is 32.2. The molecular formula is C15H14FN3O4S. The Morgan fingerprint density at radius 1 is 1.33 bits per heavy atom. The first-order valence-electron chi connectivity index (χ1n) is 7.13.